The Kier molecular flexibility index (Phi) is 4.27. The maximum atomic E-state index is 13.4. The third-order valence-corrected chi connectivity index (χ3v) is 3.16. The summed E-state index contributed by atoms with van der Waals surface area (Å²) in [7, 11) is 0. The first kappa shape index (κ1) is 13.7. The third-order valence-electron chi connectivity index (χ3n) is 2.51. The van der Waals surface area contributed by atoms with Gasteiger partial charge in [0.05, 0.1) is 10.9 Å². The van der Waals surface area contributed by atoms with E-state index in [0.717, 1.165) is 0 Å². The molecule has 0 fully saturated rings. The molecule has 0 aliphatic rings. The lowest BCUT2D eigenvalue weighted by atomic mass is 10.1. The van der Waals surface area contributed by atoms with Crippen molar-refractivity contribution in [2.75, 3.05) is 5.32 Å². The minimum atomic E-state index is -0.469. The van der Waals surface area contributed by atoms with Crippen LogP contribution in [0, 0.1) is 11.6 Å². The highest BCUT2D eigenvalue weighted by molar-refractivity contribution is 9.10. The molecule has 0 aliphatic heterocycles. The third kappa shape index (κ3) is 3.61. The lowest BCUT2D eigenvalue weighted by molar-refractivity contribution is -0.115. The van der Waals surface area contributed by atoms with Crippen LogP contribution in [-0.4, -0.2) is 5.91 Å². The monoisotopic (exact) mass is 325 g/mol. The Labute approximate surface area is 117 Å². The fraction of sp³-hybridized carbons (Fsp3) is 0.0714. The number of carbonyl (C=O) groups excluding carboxylic acids is 1. The van der Waals surface area contributed by atoms with Gasteiger partial charge >= 0.3 is 0 Å². The molecule has 0 atom stereocenters. The summed E-state index contributed by atoms with van der Waals surface area (Å²) in [4.78, 5) is 11.7. The highest BCUT2D eigenvalue weighted by atomic mass is 79.9. The van der Waals surface area contributed by atoms with Crippen LogP contribution >= 0.6 is 15.9 Å². The summed E-state index contributed by atoms with van der Waals surface area (Å²) in [6.07, 6.45) is -0.0929. The Hall–Kier alpha value is -1.75. The largest absolute Gasteiger partial charge is 0.326 e. The zero-order valence-electron chi connectivity index (χ0n) is 9.79. The van der Waals surface area contributed by atoms with Crippen molar-refractivity contribution in [3.63, 3.8) is 0 Å². The first-order valence-electron chi connectivity index (χ1n) is 5.54. The normalized spacial score (nSPS) is 10.3. The highest BCUT2D eigenvalue weighted by Crippen LogP contribution is 2.19. The molecule has 0 spiro atoms. The van der Waals surface area contributed by atoms with Gasteiger partial charge in [0.25, 0.3) is 0 Å². The molecule has 0 saturated carbocycles. The van der Waals surface area contributed by atoms with Crippen LogP contribution in [0.25, 0.3) is 0 Å². The standard InChI is InChI=1S/C14H10BrF2NO/c15-11-6-5-10(8-13(11)17)18-14(19)7-9-3-1-2-4-12(9)16/h1-6,8H,7H2,(H,18,19). The minimum Gasteiger partial charge on any atom is -0.326 e. The predicted octanol–water partition coefficient (Wildman–Crippen LogP) is 3.91. The van der Waals surface area contributed by atoms with Gasteiger partial charge in [-0.1, -0.05) is 18.2 Å². The van der Waals surface area contributed by atoms with Crippen LogP contribution < -0.4 is 5.32 Å². The van der Waals surface area contributed by atoms with E-state index < -0.39 is 17.5 Å². The number of carbonyl (C=O) groups is 1. The van der Waals surface area contributed by atoms with Crippen molar-refractivity contribution in [3.05, 3.63) is 64.1 Å². The Morgan fingerprint density at radius 2 is 1.84 bits per heavy atom. The van der Waals surface area contributed by atoms with E-state index in [2.05, 4.69) is 21.2 Å². The van der Waals surface area contributed by atoms with Crippen LogP contribution in [0.1, 0.15) is 5.56 Å². The van der Waals surface area contributed by atoms with E-state index >= 15 is 0 Å². The summed E-state index contributed by atoms with van der Waals surface area (Å²) in [5.74, 6) is -1.30. The van der Waals surface area contributed by atoms with Gasteiger partial charge in [0.15, 0.2) is 0 Å². The van der Waals surface area contributed by atoms with E-state index in [1.807, 2.05) is 0 Å². The molecule has 98 valence electrons. The number of hydrogen-bond acceptors (Lipinski definition) is 1. The zero-order valence-corrected chi connectivity index (χ0v) is 11.4. The number of nitrogens with one attached hydrogen (secondary N) is 1. The number of amides is 1. The van der Waals surface area contributed by atoms with Crippen molar-refractivity contribution in [2.45, 2.75) is 6.42 Å². The zero-order chi connectivity index (χ0) is 13.8. The average molecular weight is 326 g/mol. The predicted molar refractivity (Wildman–Crippen MR) is 72.8 cm³/mol. The quantitative estimate of drug-likeness (QED) is 0.910. The molecule has 0 saturated heterocycles. The van der Waals surface area contributed by atoms with E-state index in [-0.39, 0.29) is 6.42 Å². The van der Waals surface area contributed by atoms with Crippen molar-refractivity contribution in [1.82, 2.24) is 0 Å². The average Bonchev–Trinajstić information content (AvgIpc) is 2.37. The Balaban J connectivity index is 2.05. The summed E-state index contributed by atoms with van der Waals surface area (Å²) >= 11 is 3.02. The van der Waals surface area contributed by atoms with Crippen LogP contribution in [0.4, 0.5) is 14.5 Å². The van der Waals surface area contributed by atoms with Crippen LogP contribution in [0.2, 0.25) is 0 Å². The van der Waals surface area contributed by atoms with Gasteiger partial charge in [-0.3, -0.25) is 4.79 Å². The van der Waals surface area contributed by atoms with Gasteiger partial charge in [0, 0.05) is 5.69 Å². The number of halogens is 3. The first-order valence-corrected chi connectivity index (χ1v) is 6.34. The Morgan fingerprint density at radius 3 is 2.53 bits per heavy atom. The molecule has 0 aliphatic carbocycles. The topological polar surface area (TPSA) is 29.1 Å². The molecule has 2 aromatic rings. The van der Waals surface area contributed by atoms with Gasteiger partial charge in [-0.05, 0) is 45.8 Å². The van der Waals surface area contributed by atoms with Gasteiger partial charge in [0.2, 0.25) is 5.91 Å². The second-order valence-electron chi connectivity index (χ2n) is 3.95. The summed E-state index contributed by atoms with van der Waals surface area (Å²) in [5.41, 5.74) is 0.639. The van der Waals surface area contributed by atoms with Crippen molar-refractivity contribution >= 4 is 27.5 Å². The molecule has 19 heavy (non-hydrogen) atoms. The van der Waals surface area contributed by atoms with Gasteiger partial charge in [-0.25, -0.2) is 8.78 Å². The lowest BCUT2D eigenvalue weighted by Crippen LogP contribution is -2.15. The number of anilines is 1. The SMILES string of the molecule is O=C(Cc1ccccc1F)Nc1ccc(Br)c(F)c1. The van der Waals surface area contributed by atoms with E-state index in [4.69, 9.17) is 0 Å². The fourth-order valence-electron chi connectivity index (χ4n) is 1.59. The molecule has 1 amide bonds. The maximum Gasteiger partial charge on any atom is 0.228 e. The van der Waals surface area contributed by atoms with Gasteiger partial charge < -0.3 is 5.32 Å². The van der Waals surface area contributed by atoms with E-state index in [9.17, 15) is 13.6 Å². The molecule has 0 aromatic heterocycles. The van der Waals surface area contributed by atoms with Gasteiger partial charge in [-0.15, -0.1) is 0 Å². The van der Waals surface area contributed by atoms with Crippen LogP contribution in [0.3, 0.4) is 0 Å². The number of benzene rings is 2. The second-order valence-corrected chi connectivity index (χ2v) is 4.80. The van der Waals surface area contributed by atoms with Crippen LogP contribution in [0.15, 0.2) is 46.9 Å². The first-order chi connectivity index (χ1) is 9.06. The maximum absolute atomic E-state index is 13.4. The van der Waals surface area contributed by atoms with Crippen molar-refractivity contribution in [1.29, 1.82) is 0 Å². The molecule has 2 nitrogen and oxygen atoms in total. The summed E-state index contributed by atoms with van der Waals surface area (Å²) in [6, 6.07) is 10.3. The van der Waals surface area contributed by atoms with Crippen LogP contribution in [-0.2, 0) is 11.2 Å². The van der Waals surface area contributed by atoms with Crippen molar-refractivity contribution < 1.29 is 13.6 Å². The molecule has 0 unspecified atom stereocenters. The number of rotatable bonds is 3. The smallest absolute Gasteiger partial charge is 0.228 e. The molecule has 0 heterocycles. The molecule has 0 bridgehead atoms. The van der Waals surface area contributed by atoms with E-state index in [1.165, 1.54) is 24.3 Å². The fourth-order valence-corrected chi connectivity index (χ4v) is 1.84. The van der Waals surface area contributed by atoms with Crippen molar-refractivity contribution in [2.24, 2.45) is 0 Å². The lowest BCUT2D eigenvalue weighted by Gasteiger charge is -2.06. The second kappa shape index (κ2) is 5.93. The molecular weight excluding hydrogens is 316 g/mol. The van der Waals surface area contributed by atoms with E-state index in [1.54, 1.807) is 18.2 Å². The molecule has 2 aromatic carbocycles. The van der Waals surface area contributed by atoms with E-state index in [0.29, 0.717) is 15.7 Å². The Bertz CT molecular complexity index is 616. The Morgan fingerprint density at radius 1 is 1.11 bits per heavy atom. The van der Waals surface area contributed by atoms with Gasteiger partial charge in [-0.2, -0.15) is 0 Å². The molecule has 1 N–H and O–H groups in total. The highest BCUT2D eigenvalue weighted by Gasteiger charge is 2.09. The summed E-state index contributed by atoms with van der Waals surface area (Å²) in [5, 5.41) is 2.52. The molecular formula is C14H10BrF2NO. The van der Waals surface area contributed by atoms with Crippen LogP contribution in [0.5, 0.6) is 0 Å². The summed E-state index contributed by atoms with van der Waals surface area (Å²) < 4.78 is 26.9. The molecule has 2 rings (SSSR count). The summed E-state index contributed by atoms with van der Waals surface area (Å²) in [6.45, 7) is 0. The molecule has 0 radical (unpaired) electrons. The number of hydrogen-bond donors (Lipinski definition) is 1. The molecule has 5 heteroatoms. The minimum absolute atomic E-state index is 0.0929. The van der Waals surface area contributed by atoms with Gasteiger partial charge in [0.1, 0.15) is 11.6 Å². The van der Waals surface area contributed by atoms with Crippen molar-refractivity contribution in [3.8, 4) is 0 Å².